The molecular formula is C13H27N3O4. The average Bonchev–Trinajstić information content (AvgIpc) is 2.46. The third-order valence-electron chi connectivity index (χ3n) is 2.95. The molecule has 0 fully saturated rings. The van der Waals surface area contributed by atoms with E-state index >= 15 is 0 Å². The van der Waals surface area contributed by atoms with Crippen LogP contribution in [0.3, 0.4) is 0 Å². The molecule has 0 rings (SSSR count). The lowest BCUT2D eigenvalue weighted by Crippen LogP contribution is -2.41. The first-order valence-electron chi connectivity index (χ1n) is 6.77. The van der Waals surface area contributed by atoms with Crippen molar-refractivity contribution >= 4 is 11.9 Å². The zero-order chi connectivity index (χ0) is 15.4. The average molecular weight is 289 g/mol. The Hall–Kier alpha value is -1.18. The molecular weight excluding hydrogens is 262 g/mol. The van der Waals surface area contributed by atoms with Crippen LogP contribution in [0, 0.1) is 0 Å². The van der Waals surface area contributed by atoms with Crippen molar-refractivity contribution in [3.8, 4) is 0 Å². The number of nitrogens with two attached hydrogens (primary N) is 1. The van der Waals surface area contributed by atoms with Crippen LogP contribution in [0.5, 0.6) is 0 Å². The molecule has 0 bridgehead atoms. The smallest absolute Gasteiger partial charge is 0.306 e. The van der Waals surface area contributed by atoms with E-state index in [1.807, 2.05) is 4.90 Å². The summed E-state index contributed by atoms with van der Waals surface area (Å²) in [5.74, 6) is -0.268. The van der Waals surface area contributed by atoms with Crippen molar-refractivity contribution in [2.75, 3.05) is 60.6 Å². The molecule has 0 spiro atoms. The Morgan fingerprint density at radius 1 is 1.15 bits per heavy atom. The normalized spacial score (nSPS) is 10.7. The molecule has 0 unspecified atom stereocenters. The van der Waals surface area contributed by atoms with E-state index in [1.54, 1.807) is 19.1 Å². The Kier molecular flexibility index (Phi) is 10.9. The minimum atomic E-state index is -0.281. The van der Waals surface area contributed by atoms with Crippen molar-refractivity contribution in [2.45, 2.75) is 12.8 Å². The Balaban J connectivity index is 4.24. The molecule has 7 nitrogen and oxygen atoms in total. The van der Waals surface area contributed by atoms with E-state index in [0.29, 0.717) is 32.8 Å². The molecule has 0 saturated heterocycles. The molecule has 7 heteroatoms. The summed E-state index contributed by atoms with van der Waals surface area (Å²) in [4.78, 5) is 26.7. The highest BCUT2D eigenvalue weighted by Crippen LogP contribution is 1.97. The molecule has 2 N–H and O–H groups in total. The number of carbonyl (C=O) groups is 2. The van der Waals surface area contributed by atoms with Crippen LogP contribution in [0.25, 0.3) is 0 Å². The van der Waals surface area contributed by atoms with Gasteiger partial charge in [0.15, 0.2) is 0 Å². The predicted molar refractivity (Wildman–Crippen MR) is 76.3 cm³/mol. The van der Waals surface area contributed by atoms with Gasteiger partial charge in [0.05, 0.1) is 26.7 Å². The van der Waals surface area contributed by atoms with Crippen LogP contribution < -0.4 is 5.73 Å². The van der Waals surface area contributed by atoms with Gasteiger partial charge in [-0.15, -0.1) is 0 Å². The monoisotopic (exact) mass is 289 g/mol. The summed E-state index contributed by atoms with van der Waals surface area (Å²) in [6.45, 7) is 3.07. The van der Waals surface area contributed by atoms with Crippen molar-refractivity contribution in [2.24, 2.45) is 5.73 Å². The number of ether oxygens (including phenoxy) is 2. The SMILES string of the molecule is COCCN(CCC(=O)OC)CC(=O)N(C)CCCN. The maximum absolute atomic E-state index is 12.0. The number of nitrogens with zero attached hydrogens (tertiary/aromatic N) is 2. The summed E-state index contributed by atoms with van der Waals surface area (Å²) >= 11 is 0. The predicted octanol–water partition coefficient (Wildman–Crippen LogP) is -0.695. The Labute approximate surface area is 121 Å². The van der Waals surface area contributed by atoms with Gasteiger partial charge < -0.3 is 20.1 Å². The summed E-state index contributed by atoms with van der Waals surface area (Å²) in [6, 6.07) is 0. The fourth-order valence-electron chi connectivity index (χ4n) is 1.61. The van der Waals surface area contributed by atoms with E-state index < -0.39 is 0 Å². The van der Waals surface area contributed by atoms with Gasteiger partial charge in [0.2, 0.25) is 5.91 Å². The lowest BCUT2D eigenvalue weighted by molar-refractivity contribution is -0.141. The zero-order valence-electron chi connectivity index (χ0n) is 12.8. The quantitative estimate of drug-likeness (QED) is 0.507. The number of hydrogen-bond acceptors (Lipinski definition) is 6. The highest BCUT2D eigenvalue weighted by atomic mass is 16.5. The highest BCUT2D eigenvalue weighted by molar-refractivity contribution is 5.78. The highest BCUT2D eigenvalue weighted by Gasteiger charge is 2.15. The van der Waals surface area contributed by atoms with Crippen LogP contribution in [0.4, 0.5) is 0 Å². The second-order valence-corrected chi connectivity index (χ2v) is 4.55. The van der Waals surface area contributed by atoms with Crippen LogP contribution in [-0.4, -0.2) is 82.3 Å². The van der Waals surface area contributed by atoms with E-state index in [1.165, 1.54) is 7.11 Å². The number of amides is 1. The van der Waals surface area contributed by atoms with Crippen LogP contribution in [0.15, 0.2) is 0 Å². The molecule has 0 aromatic heterocycles. The van der Waals surface area contributed by atoms with Gasteiger partial charge in [-0.1, -0.05) is 0 Å². The lowest BCUT2D eigenvalue weighted by atomic mass is 10.3. The van der Waals surface area contributed by atoms with Gasteiger partial charge in [-0.25, -0.2) is 0 Å². The number of likely N-dealkylation sites (N-methyl/N-ethyl adjacent to an activating group) is 1. The van der Waals surface area contributed by atoms with Gasteiger partial charge in [0, 0.05) is 33.8 Å². The largest absolute Gasteiger partial charge is 0.469 e. The van der Waals surface area contributed by atoms with Crippen molar-refractivity contribution in [1.82, 2.24) is 9.80 Å². The van der Waals surface area contributed by atoms with E-state index in [2.05, 4.69) is 4.74 Å². The number of carbonyl (C=O) groups excluding carboxylic acids is 2. The third kappa shape index (κ3) is 8.84. The molecule has 0 aliphatic carbocycles. The van der Waals surface area contributed by atoms with Crippen LogP contribution in [-0.2, 0) is 19.1 Å². The number of rotatable bonds is 11. The molecule has 0 aliphatic heterocycles. The minimum absolute atomic E-state index is 0.0134. The molecule has 0 radical (unpaired) electrons. The minimum Gasteiger partial charge on any atom is -0.469 e. The summed E-state index contributed by atoms with van der Waals surface area (Å²) in [6.07, 6.45) is 1.04. The zero-order valence-corrected chi connectivity index (χ0v) is 12.8. The third-order valence-corrected chi connectivity index (χ3v) is 2.95. The lowest BCUT2D eigenvalue weighted by Gasteiger charge is -2.24. The van der Waals surface area contributed by atoms with Crippen LogP contribution >= 0.6 is 0 Å². The molecule has 0 heterocycles. The Bertz CT molecular complexity index is 287. The molecule has 118 valence electrons. The Morgan fingerprint density at radius 3 is 2.40 bits per heavy atom. The van der Waals surface area contributed by atoms with E-state index in [-0.39, 0.29) is 24.8 Å². The molecule has 0 aromatic rings. The topological polar surface area (TPSA) is 85.1 Å². The van der Waals surface area contributed by atoms with Gasteiger partial charge in [-0.3, -0.25) is 14.5 Å². The molecule has 0 atom stereocenters. The number of hydrogen-bond donors (Lipinski definition) is 1. The summed E-state index contributed by atoms with van der Waals surface area (Å²) in [5.41, 5.74) is 5.42. The van der Waals surface area contributed by atoms with Crippen molar-refractivity contribution in [3.63, 3.8) is 0 Å². The Morgan fingerprint density at radius 2 is 1.85 bits per heavy atom. The van der Waals surface area contributed by atoms with Gasteiger partial charge in [0.25, 0.3) is 0 Å². The summed E-state index contributed by atoms with van der Waals surface area (Å²) < 4.78 is 9.62. The van der Waals surface area contributed by atoms with Gasteiger partial charge in [-0.2, -0.15) is 0 Å². The van der Waals surface area contributed by atoms with E-state index in [4.69, 9.17) is 10.5 Å². The molecule has 0 saturated carbocycles. The first kappa shape index (κ1) is 18.8. The van der Waals surface area contributed by atoms with E-state index in [9.17, 15) is 9.59 Å². The van der Waals surface area contributed by atoms with Crippen LogP contribution in [0.2, 0.25) is 0 Å². The summed E-state index contributed by atoms with van der Waals surface area (Å²) in [7, 11) is 4.72. The second kappa shape index (κ2) is 11.6. The molecule has 0 aromatic carbocycles. The van der Waals surface area contributed by atoms with Gasteiger partial charge in [0.1, 0.15) is 0 Å². The molecule has 0 aliphatic rings. The second-order valence-electron chi connectivity index (χ2n) is 4.55. The van der Waals surface area contributed by atoms with Gasteiger partial charge >= 0.3 is 5.97 Å². The van der Waals surface area contributed by atoms with E-state index in [0.717, 1.165) is 6.42 Å². The number of esters is 1. The first-order valence-corrected chi connectivity index (χ1v) is 6.77. The van der Waals surface area contributed by atoms with Crippen molar-refractivity contribution < 1.29 is 19.1 Å². The maximum atomic E-state index is 12.0. The van der Waals surface area contributed by atoms with Crippen molar-refractivity contribution in [3.05, 3.63) is 0 Å². The summed E-state index contributed by atoms with van der Waals surface area (Å²) in [5, 5.41) is 0. The van der Waals surface area contributed by atoms with Gasteiger partial charge in [-0.05, 0) is 13.0 Å². The fourth-order valence-corrected chi connectivity index (χ4v) is 1.61. The standard InChI is InChI=1S/C13H27N3O4/c1-15(7-4-6-14)12(17)11-16(9-10-19-2)8-5-13(18)20-3/h4-11,14H2,1-3H3. The van der Waals surface area contributed by atoms with Crippen LogP contribution in [0.1, 0.15) is 12.8 Å². The van der Waals surface area contributed by atoms with Crippen molar-refractivity contribution in [1.29, 1.82) is 0 Å². The number of methoxy groups -OCH3 is 2. The fraction of sp³-hybridized carbons (Fsp3) is 0.846. The molecule has 20 heavy (non-hydrogen) atoms. The maximum Gasteiger partial charge on any atom is 0.306 e. The first-order chi connectivity index (χ1) is 9.54. The molecule has 1 amide bonds.